The summed E-state index contributed by atoms with van der Waals surface area (Å²) >= 11 is 0. The number of aryl methyl sites for hydroxylation is 1. The van der Waals surface area contributed by atoms with Gasteiger partial charge in [0, 0.05) is 19.0 Å². The van der Waals surface area contributed by atoms with Gasteiger partial charge in [0.25, 0.3) is 0 Å². The highest BCUT2D eigenvalue weighted by Gasteiger charge is 2.20. The van der Waals surface area contributed by atoms with Crippen LogP contribution in [0.25, 0.3) is 0 Å². The van der Waals surface area contributed by atoms with Crippen LogP contribution in [0.5, 0.6) is 5.88 Å². The zero-order valence-corrected chi connectivity index (χ0v) is 10.7. The van der Waals surface area contributed by atoms with Crippen molar-refractivity contribution in [2.45, 2.75) is 39.5 Å². The van der Waals surface area contributed by atoms with E-state index >= 15 is 0 Å². The fourth-order valence-corrected chi connectivity index (χ4v) is 1.71. The number of nitrogens with zero attached hydrogens (tertiary/aromatic N) is 2. The van der Waals surface area contributed by atoms with Crippen molar-refractivity contribution in [1.82, 2.24) is 9.97 Å². The van der Waals surface area contributed by atoms with E-state index in [0.717, 1.165) is 43.6 Å². The van der Waals surface area contributed by atoms with Gasteiger partial charge in [0.05, 0.1) is 6.61 Å². The second-order valence-electron chi connectivity index (χ2n) is 4.47. The third-order valence-electron chi connectivity index (χ3n) is 2.90. The van der Waals surface area contributed by atoms with E-state index in [0.29, 0.717) is 5.88 Å². The molecule has 0 radical (unpaired) electrons. The van der Waals surface area contributed by atoms with E-state index in [1.807, 2.05) is 6.07 Å². The quantitative estimate of drug-likeness (QED) is 0.789. The van der Waals surface area contributed by atoms with Crippen LogP contribution in [-0.4, -0.2) is 23.1 Å². The van der Waals surface area contributed by atoms with E-state index in [-0.39, 0.29) is 0 Å². The minimum atomic E-state index is 0.702. The van der Waals surface area contributed by atoms with E-state index in [2.05, 4.69) is 29.1 Å². The fraction of sp³-hybridized carbons (Fsp3) is 0.692. The lowest BCUT2D eigenvalue weighted by Crippen LogP contribution is -2.06. The first-order valence-electron chi connectivity index (χ1n) is 6.56. The summed E-state index contributed by atoms with van der Waals surface area (Å²) in [5.41, 5.74) is 0. The Morgan fingerprint density at radius 2 is 2.18 bits per heavy atom. The Morgan fingerprint density at radius 3 is 2.82 bits per heavy atom. The largest absolute Gasteiger partial charge is 0.478 e. The molecular weight excluding hydrogens is 214 g/mol. The van der Waals surface area contributed by atoms with E-state index in [4.69, 9.17) is 4.74 Å². The number of hydrogen-bond donors (Lipinski definition) is 1. The zero-order chi connectivity index (χ0) is 12.1. The van der Waals surface area contributed by atoms with Crippen molar-refractivity contribution in [2.24, 2.45) is 5.92 Å². The molecule has 0 amide bonds. The van der Waals surface area contributed by atoms with Gasteiger partial charge in [-0.25, -0.2) is 4.98 Å². The van der Waals surface area contributed by atoms with Gasteiger partial charge in [0.2, 0.25) is 5.88 Å². The van der Waals surface area contributed by atoms with Crippen molar-refractivity contribution in [3.05, 3.63) is 11.9 Å². The van der Waals surface area contributed by atoms with Gasteiger partial charge in [0.1, 0.15) is 11.6 Å². The van der Waals surface area contributed by atoms with Crippen molar-refractivity contribution in [2.75, 3.05) is 18.5 Å². The molecule has 0 atom stereocenters. The molecule has 0 saturated heterocycles. The average Bonchev–Trinajstić information content (AvgIpc) is 3.13. The monoisotopic (exact) mass is 235 g/mol. The van der Waals surface area contributed by atoms with Crippen LogP contribution in [0.15, 0.2) is 6.07 Å². The molecule has 1 fully saturated rings. The number of nitrogens with one attached hydrogen (secondary N) is 1. The Morgan fingerprint density at radius 1 is 1.35 bits per heavy atom. The van der Waals surface area contributed by atoms with Crippen LogP contribution < -0.4 is 10.1 Å². The van der Waals surface area contributed by atoms with Crippen LogP contribution in [0.4, 0.5) is 5.82 Å². The summed E-state index contributed by atoms with van der Waals surface area (Å²) in [6.45, 7) is 5.75. The summed E-state index contributed by atoms with van der Waals surface area (Å²) in [7, 11) is 0. The van der Waals surface area contributed by atoms with E-state index in [1.54, 1.807) is 0 Å². The van der Waals surface area contributed by atoms with Gasteiger partial charge in [0.15, 0.2) is 0 Å². The third-order valence-corrected chi connectivity index (χ3v) is 2.90. The second-order valence-corrected chi connectivity index (χ2v) is 4.47. The highest BCUT2D eigenvalue weighted by Crippen LogP contribution is 2.32. The van der Waals surface area contributed by atoms with Crippen LogP contribution in [0, 0.1) is 5.92 Å². The number of rotatable bonds is 7. The van der Waals surface area contributed by atoms with Crippen molar-refractivity contribution in [1.29, 1.82) is 0 Å². The van der Waals surface area contributed by atoms with Gasteiger partial charge in [-0.1, -0.05) is 19.8 Å². The Hall–Kier alpha value is -1.32. The molecule has 1 aromatic heterocycles. The Balaban J connectivity index is 1.94. The maximum Gasteiger partial charge on any atom is 0.218 e. The lowest BCUT2D eigenvalue weighted by atomic mass is 10.3. The molecule has 1 aromatic rings. The molecule has 2 rings (SSSR count). The SMILES string of the molecule is CCNc1cc(OCCC2CC2)nc(CC)n1. The highest BCUT2D eigenvalue weighted by atomic mass is 16.5. The van der Waals surface area contributed by atoms with Gasteiger partial charge in [-0.15, -0.1) is 0 Å². The molecule has 0 aromatic carbocycles. The van der Waals surface area contributed by atoms with Gasteiger partial charge < -0.3 is 10.1 Å². The minimum absolute atomic E-state index is 0.702. The first-order valence-corrected chi connectivity index (χ1v) is 6.56. The van der Waals surface area contributed by atoms with Gasteiger partial charge >= 0.3 is 0 Å². The van der Waals surface area contributed by atoms with Gasteiger partial charge in [-0.2, -0.15) is 4.98 Å². The number of hydrogen-bond acceptors (Lipinski definition) is 4. The molecule has 1 heterocycles. The lowest BCUT2D eigenvalue weighted by molar-refractivity contribution is 0.290. The van der Waals surface area contributed by atoms with Crippen molar-refractivity contribution < 1.29 is 4.74 Å². The van der Waals surface area contributed by atoms with Crippen molar-refractivity contribution >= 4 is 5.82 Å². The van der Waals surface area contributed by atoms with E-state index in [9.17, 15) is 0 Å². The minimum Gasteiger partial charge on any atom is -0.478 e. The second kappa shape index (κ2) is 5.84. The van der Waals surface area contributed by atoms with Crippen LogP contribution in [-0.2, 0) is 6.42 Å². The first kappa shape index (κ1) is 12.1. The maximum atomic E-state index is 5.70. The van der Waals surface area contributed by atoms with E-state index < -0.39 is 0 Å². The molecular formula is C13H21N3O. The molecule has 0 unspecified atom stereocenters. The summed E-state index contributed by atoms with van der Waals surface area (Å²) in [5.74, 6) is 3.30. The number of aromatic nitrogens is 2. The normalized spacial score (nSPS) is 14.7. The van der Waals surface area contributed by atoms with Crippen LogP contribution in [0.1, 0.15) is 38.9 Å². The molecule has 0 aliphatic heterocycles. The Kier molecular flexibility index (Phi) is 4.18. The number of anilines is 1. The average molecular weight is 235 g/mol. The maximum absolute atomic E-state index is 5.70. The van der Waals surface area contributed by atoms with Gasteiger partial charge in [-0.05, 0) is 19.3 Å². The summed E-state index contributed by atoms with van der Waals surface area (Å²) in [4.78, 5) is 8.77. The molecule has 1 saturated carbocycles. The molecule has 4 heteroatoms. The standard InChI is InChI=1S/C13H21N3O/c1-3-11-15-12(14-4-2)9-13(16-11)17-8-7-10-5-6-10/h9-10H,3-8H2,1-2H3,(H,14,15,16). The third kappa shape index (κ3) is 3.88. The van der Waals surface area contributed by atoms with Gasteiger partial charge in [-0.3, -0.25) is 0 Å². The molecule has 0 spiro atoms. The number of ether oxygens (including phenoxy) is 1. The molecule has 1 aliphatic rings. The van der Waals surface area contributed by atoms with Crippen LogP contribution in [0.2, 0.25) is 0 Å². The predicted molar refractivity (Wildman–Crippen MR) is 68.4 cm³/mol. The molecule has 0 bridgehead atoms. The Labute approximate surface area is 103 Å². The molecule has 4 nitrogen and oxygen atoms in total. The highest BCUT2D eigenvalue weighted by molar-refractivity contribution is 5.38. The molecule has 17 heavy (non-hydrogen) atoms. The molecule has 94 valence electrons. The predicted octanol–water partition coefficient (Wildman–Crippen LogP) is 2.65. The summed E-state index contributed by atoms with van der Waals surface area (Å²) in [5, 5.41) is 3.20. The summed E-state index contributed by atoms with van der Waals surface area (Å²) in [6.07, 6.45) is 4.73. The zero-order valence-electron chi connectivity index (χ0n) is 10.7. The van der Waals surface area contributed by atoms with Crippen LogP contribution in [0.3, 0.4) is 0 Å². The fourth-order valence-electron chi connectivity index (χ4n) is 1.71. The summed E-state index contributed by atoms with van der Waals surface area (Å²) < 4.78 is 5.70. The van der Waals surface area contributed by atoms with E-state index in [1.165, 1.54) is 12.8 Å². The smallest absolute Gasteiger partial charge is 0.218 e. The lowest BCUT2D eigenvalue weighted by Gasteiger charge is -2.09. The molecule has 1 aliphatic carbocycles. The van der Waals surface area contributed by atoms with Crippen LogP contribution >= 0.6 is 0 Å². The Bertz CT molecular complexity index is 364. The topological polar surface area (TPSA) is 47.0 Å². The molecule has 1 N–H and O–H groups in total. The summed E-state index contributed by atoms with van der Waals surface area (Å²) in [6, 6.07) is 1.88. The van der Waals surface area contributed by atoms with Crippen molar-refractivity contribution in [3.8, 4) is 5.88 Å². The first-order chi connectivity index (χ1) is 8.31. The van der Waals surface area contributed by atoms with Crippen molar-refractivity contribution in [3.63, 3.8) is 0 Å².